The number of halogens is 1. The van der Waals surface area contributed by atoms with Crippen LogP contribution in [0.25, 0.3) is 16.8 Å². The van der Waals surface area contributed by atoms with Crippen molar-refractivity contribution >= 4 is 61.9 Å². The van der Waals surface area contributed by atoms with Gasteiger partial charge in [0.1, 0.15) is 12.2 Å². The number of methoxy groups -OCH3 is 1. The fourth-order valence-electron chi connectivity index (χ4n) is 3.65. The number of carbonyl (C=O) groups excluding carboxylic acids is 2. The van der Waals surface area contributed by atoms with Gasteiger partial charge in [-0.25, -0.2) is 0 Å². The minimum Gasteiger partial charge on any atom is -0.493 e. The Bertz CT molecular complexity index is 1350. The van der Waals surface area contributed by atoms with Crippen LogP contribution in [0, 0.1) is 0 Å². The van der Waals surface area contributed by atoms with E-state index in [4.69, 9.17) is 21.7 Å². The fraction of sp³-hybridized carbons (Fsp3) is 0.115. The average molecular weight is 537 g/mol. The Morgan fingerprint density at radius 2 is 1.88 bits per heavy atom. The molecule has 0 atom stereocenters. The van der Waals surface area contributed by atoms with Crippen LogP contribution in [0.3, 0.4) is 0 Å². The first-order valence-electron chi connectivity index (χ1n) is 10.4. The van der Waals surface area contributed by atoms with E-state index in [0.29, 0.717) is 28.1 Å². The molecule has 0 aliphatic carbocycles. The van der Waals surface area contributed by atoms with E-state index in [1.807, 2.05) is 24.3 Å². The lowest BCUT2D eigenvalue weighted by atomic mass is 10.1. The average Bonchev–Trinajstić information content (AvgIpc) is 2.83. The van der Waals surface area contributed by atoms with Crippen LogP contribution in [0.5, 0.6) is 11.5 Å². The highest BCUT2D eigenvalue weighted by Gasteiger charge is 2.32. The van der Waals surface area contributed by atoms with Gasteiger partial charge in [-0.1, -0.05) is 64.5 Å². The second-order valence-electron chi connectivity index (χ2n) is 7.47. The molecule has 6 nitrogen and oxygen atoms in total. The van der Waals surface area contributed by atoms with Crippen molar-refractivity contribution < 1.29 is 19.1 Å². The van der Waals surface area contributed by atoms with Crippen molar-refractivity contribution in [1.82, 2.24) is 10.2 Å². The summed E-state index contributed by atoms with van der Waals surface area (Å²) in [6.07, 6.45) is 3.04. The zero-order chi connectivity index (χ0) is 24.2. The number of amides is 2. The van der Waals surface area contributed by atoms with Crippen LogP contribution in [0.1, 0.15) is 11.1 Å². The molecule has 1 saturated heterocycles. The van der Waals surface area contributed by atoms with E-state index in [9.17, 15) is 9.59 Å². The number of ether oxygens (including phenoxy) is 2. The quantitative estimate of drug-likeness (QED) is 0.199. The van der Waals surface area contributed by atoms with Gasteiger partial charge >= 0.3 is 0 Å². The molecule has 1 aliphatic heterocycles. The molecule has 0 spiro atoms. The lowest BCUT2D eigenvalue weighted by Crippen LogP contribution is -2.53. The number of hydrogen-bond acceptors (Lipinski definition) is 5. The SMILES string of the molecule is C=CCN1C(=O)/C(=C/c2cc(OC)c(OCc3cccc4ccccc34)cc2Br)C(=O)NC1=S. The molecular formula is C26H21BrN2O4S. The van der Waals surface area contributed by atoms with Crippen LogP contribution in [-0.2, 0) is 16.2 Å². The van der Waals surface area contributed by atoms with Crippen LogP contribution in [0.2, 0.25) is 0 Å². The van der Waals surface area contributed by atoms with E-state index in [0.717, 1.165) is 16.3 Å². The lowest BCUT2D eigenvalue weighted by Gasteiger charge is -2.27. The number of hydrogen-bond donors (Lipinski definition) is 1. The Morgan fingerprint density at radius 1 is 1.12 bits per heavy atom. The van der Waals surface area contributed by atoms with E-state index in [1.54, 1.807) is 18.2 Å². The summed E-state index contributed by atoms with van der Waals surface area (Å²) < 4.78 is 12.3. The van der Waals surface area contributed by atoms with E-state index >= 15 is 0 Å². The summed E-state index contributed by atoms with van der Waals surface area (Å²) in [7, 11) is 1.54. The first-order chi connectivity index (χ1) is 16.4. The number of nitrogens with one attached hydrogen (secondary N) is 1. The van der Waals surface area contributed by atoms with Gasteiger partial charge in [0.05, 0.1) is 7.11 Å². The van der Waals surface area contributed by atoms with Gasteiger partial charge in [0.25, 0.3) is 11.8 Å². The molecule has 1 fully saturated rings. The van der Waals surface area contributed by atoms with Gasteiger partial charge in [-0.3, -0.25) is 19.8 Å². The smallest absolute Gasteiger partial charge is 0.265 e. The van der Waals surface area contributed by atoms with E-state index < -0.39 is 11.8 Å². The normalized spacial score (nSPS) is 14.9. The number of carbonyl (C=O) groups is 2. The molecule has 1 heterocycles. The minimum absolute atomic E-state index is 0.0392. The number of rotatable bonds is 7. The maximum absolute atomic E-state index is 12.8. The molecule has 1 N–H and O–H groups in total. The number of thiocarbonyl (C=S) groups is 1. The zero-order valence-electron chi connectivity index (χ0n) is 18.3. The van der Waals surface area contributed by atoms with Crippen molar-refractivity contribution in [2.24, 2.45) is 0 Å². The molecule has 4 rings (SSSR count). The van der Waals surface area contributed by atoms with Crippen molar-refractivity contribution in [1.29, 1.82) is 0 Å². The topological polar surface area (TPSA) is 67.9 Å². The van der Waals surface area contributed by atoms with Gasteiger partial charge in [0, 0.05) is 11.0 Å². The molecule has 0 saturated carbocycles. The predicted octanol–water partition coefficient (Wildman–Crippen LogP) is 5.00. The Labute approximate surface area is 211 Å². The standard InChI is InChI=1S/C26H21BrN2O4S/c1-3-11-29-25(31)20(24(30)28-26(29)34)12-18-13-22(32-2)23(14-21(18)27)33-15-17-9-6-8-16-7-4-5-10-19(16)17/h3-10,12-14H,1,11,15H2,2H3,(H,28,30,34)/b20-12+. The molecular weight excluding hydrogens is 516 g/mol. The maximum atomic E-state index is 12.8. The van der Waals surface area contributed by atoms with Gasteiger partial charge in [-0.05, 0) is 52.3 Å². The predicted molar refractivity (Wildman–Crippen MR) is 140 cm³/mol. The molecule has 172 valence electrons. The van der Waals surface area contributed by atoms with Crippen molar-refractivity contribution in [3.8, 4) is 11.5 Å². The summed E-state index contributed by atoms with van der Waals surface area (Å²) in [5.74, 6) is -0.0518. The molecule has 0 unspecified atom stereocenters. The summed E-state index contributed by atoms with van der Waals surface area (Å²) in [6.45, 7) is 4.17. The molecule has 3 aromatic rings. The Balaban J connectivity index is 1.63. The minimum atomic E-state index is -0.558. The Kier molecular flexibility index (Phi) is 7.09. The maximum Gasteiger partial charge on any atom is 0.265 e. The monoisotopic (exact) mass is 536 g/mol. The molecule has 3 aromatic carbocycles. The van der Waals surface area contributed by atoms with Crippen molar-refractivity contribution in [2.45, 2.75) is 6.61 Å². The van der Waals surface area contributed by atoms with Gasteiger partial charge in [-0.2, -0.15) is 0 Å². The van der Waals surface area contributed by atoms with Gasteiger partial charge < -0.3 is 9.47 Å². The van der Waals surface area contributed by atoms with Crippen molar-refractivity contribution in [3.63, 3.8) is 0 Å². The van der Waals surface area contributed by atoms with Gasteiger partial charge in [-0.15, -0.1) is 6.58 Å². The second kappa shape index (κ2) is 10.2. The molecule has 8 heteroatoms. The first kappa shape index (κ1) is 23.7. The van der Waals surface area contributed by atoms with Crippen LogP contribution in [0.4, 0.5) is 0 Å². The molecule has 34 heavy (non-hydrogen) atoms. The van der Waals surface area contributed by atoms with Crippen molar-refractivity contribution in [2.75, 3.05) is 13.7 Å². The van der Waals surface area contributed by atoms with Crippen LogP contribution in [0.15, 0.2) is 77.3 Å². The highest BCUT2D eigenvalue weighted by molar-refractivity contribution is 9.10. The third-order valence-corrected chi connectivity index (χ3v) is 6.35. The third-order valence-electron chi connectivity index (χ3n) is 5.34. The molecule has 0 bridgehead atoms. The van der Waals surface area contributed by atoms with E-state index in [2.05, 4.69) is 46.0 Å². The van der Waals surface area contributed by atoms with E-state index in [1.165, 1.54) is 18.1 Å². The Hall–Kier alpha value is -3.49. The summed E-state index contributed by atoms with van der Waals surface area (Å²) >= 11 is 8.62. The Morgan fingerprint density at radius 3 is 2.65 bits per heavy atom. The summed E-state index contributed by atoms with van der Waals surface area (Å²) in [4.78, 5) is 26.6. The van der Waals surface area contributed by atoms with Gasteiger partial charge in [0.2, 0.25) is 0 Å². The first-order valence-corrected chi connectivity index (χ1v) is 11.6. The third kappa shape index (κ3) is 4.73. The highest BCUT2D eigenvalue weighted by Crippen LogP contribution is 2.36. The number of fused-ring (bicyclic) bond motifs is 1. The van der Waals surface area contributed by atoms with Crippen LogP contribution < -0.4 is 14.8 Å². The van der Waals surface area contributed by atoms with Crippen molar-refractivity contribution in [3.05, 3.63) is 88.4 Å². The molecule has 2 amide bonds. The number of benzene rings is 3. The zero-order valence-corrected chi connectivity index (χ0v) is 20.7. The lowest BCUT2D eigenvalue weighted by molar-refractivity contribution is -0.128. The summed E-state index contributed by atoms with van der Waals surface area (Å²) in [6, 6.07) is 17.7. The molecule has 1 aliphatic rings. The van der Waals surface area contributed by atoms with Crippen LogP contribution >= 0.6 is 28.1 Å². The van der Waals surface area contributed by atoms with E-state index in [-0.39, 0.29) is 17.2 Å². The largest absolute Gasteiger partial charge is 0.493 e. The second-order valence-corrected chi connectivity index (χ2v) is 8.71. The molecule has 0 radical (unpaired) electrons. The van der Waals surface area contributed by atoms with Crippen LogP contribution in [-0.4, -0.2) is 35.5 Å². The summed E-state index contributed by atoms with van der Waals surface area (Å²) in [5, 5.41) is 4.85. The van der Waals surface area contributed by atoms with Gasteiger partial charge in [0.15, 0.2) is 16.6 Å². The summed E-state index contributed by atoms with van der Waals surface area (Å²) in [5.41, 5.74) is 1.59. The molecule has 0 aromatic heterocycles. The number of nitrogens with zero attached hydrogens (tertiary/aromatic N) is 1. The highest BCUT2D eigenvalue weighted by atomic mass is 79.9. The fourth-order valence-corrected chi connectivity index (χ4v) is 4.34.